The molecular weight excluding hydrogens is 374 g/mol. The molecule has 28 heavy (non-hydrogen) atoms. The number of hydrogen-bond acceptors (Lipinski definition) is 4. The van der Waals surface area contributed by atoms with Crippen molar-refractivity contribution < 1.29 is 14.6 Å². The molecule has 0 radical (unpaired) electrons. The third kappa shape index (κ3) is 4.76. The van der Waals surface area contributed by atoms with E-state index in [-0.39, 0.29) is 6.10 Å². The fourth-order valence-electron chi connectivity index (χ4n) is 3.96. The Morgan fingerprint density at radius 3 is 2.79 bits per heavy atom. The molecular formula is C23H30ClNO3. The molecule has 1 unspecified atom stereocenters. The molecule has 1 saturated heterocycles. The van der Waals surface area contributed by atoms with Gasteiger partial charge >= 0.3 is 0 Å². The Kier molecular flexibility index (Phi) is 7.49. The van der Waals surface area contributed by atoms with Gasteiger partial charge in [-0.1, -0.05) is 53.6 Å². The maximum Gasteiger partial charge on any atom is 0.118 e. The fourth-order valence-corrected chi connectivity index (χ4v) is 4.24. The van der Waals surface area contributed by atoms with Crippen LogP contribution in [0.25, 0.3) is 11.1 Å². The van der Waals surface area contributed by atoms with Gasteiger partial charge in [0.1, 0.15) is 11.7 Å². The Morgan fingerprint density at radius 2 is 2.07 bits per heavy atom. The number of unbranched alkanes of at least 4 members (excludes halogenated alkanes) is 1. The Morgan fingerprint density at radius 1 is 1.25 bits per heavy atom. The highest BCUT2D eigenvalue weighted by Crippen LogP contribution is 2.42. The van der Waals surface area contributed by atoms with Crippen molar-refractivity contribution >= 4 is 11.6 Å². The minimum absolute atomic E-state index is 0.328. The second kappa shape index (κ2) is 9.86. The number of halogens is 1. The van der Waals surface area contributed by atoms with E-state index in [4.69, 9.17) is 21.1 Å². The van der Waals surface area contributed by atoms with Gasteiger partial charge in [0.25, 0.3) is 0 Å². The SMILES string of the molecule is COCCCC[C@@](O)(c1cccc(Cl)c1-c1cccc(C)c1)C1CNCCO1. The van der Waals surface area contributed by atoms with Crippen molar-refractivity contribution in [3.8, 4) is 11.1 Å². The standard InChI is InChI=1S/C23H30ClNO3/c1-17-7-5-8-18(15-17)22-19(9-6-10-20(22)24)23(26,11-3-4-13-27-2)21-16-25-12-14-28-21/h5-10,15,21,25-26H,3-4,11-14,16H2,1-2H3/t21?,23-/m1/s1. The minimum atomic E-state index is -1.13. The largest absolute Gasteiger partial charge is 0.385 e. The third-order valence-electron chi connectivity index (χ3n) is 5.40. The van der Waals surface area contributed by atoms with Gasteiger partial charge in [-0.05, 0) is 43.4 Å². The smallest absolute Gasteiger partial charge is 0.118 e. The van der Waals surface area contributed by atoms with Gasteiger partial charge in [-0.15, -0.1) is 0 Å². The third-order valence-corrected chi connectivity index (χ3v) is 5.72. The second-order valence-electron chi connectivity index (χ2n) is 7.47. The summed E-state index contributed by atoms with van der Waals surface area (Å²) in [4.78, 5) is 0. The van der Waals surface area contributed by atoms with E-state index in [0.29, 0.717) is 31.2 Å². The molecule has 3 rings (SSSR count). The van der Waals surface area contributed by atoms with E-state index in [1.165, 1.54) is 0 Å². The molecule has 1 fully saturated rings. The molecule has 0 aliphatic carbocycles. The van der Waals surface area contributed by atoms with Crippen LogP contribution in [-0.4, -0.2) is 44.6 Å². The lowest BCUT2D eigenvalue weighted by atomic mass is 9.79. The van der Waals surface area contributed by atoms with Crippen molar-refractivity contribution in [3.63, 3.8) is 0 Å². The molecule has 152 valence electrons. The first kappa shape index (κ1) is 21.3. The number of morpholine rings is 1. The van der Waals surface area contributed by atoms with Gasteiger partial charge in [-0.3, -0.25) is 0 Å². The summed E-state index contributed by atoms with van der Waals surface area (Å²) in [6.45, 7) is 4.74. The molecule has 0 bridgehead atoms. The molecule has 0 aromatic heterocycles. The molecule has 1 aliphatic rings. The predicted molar refractivity (Wildman–Crippen MR) is 114 cm³/mol. The maximum absolute atomic E-state index is 12.0. The zero-order valence-corrected chi connectivity index (χ0v) is 17.5. The van der Waals surface area contributed by atoms with Crippen LogP contribution in [0.2, 0.25) is 5.02 Å². The van der Waals surface area contributed by atoms with Gasteiger partial charge in [0.2, 0.25) is 0 Å². The summed E-state index contributed by atoms with van der Waals surface area (Å²) in [5.41, 5.74) is 2.75. The van der Waals surface area contributed by atoms with Crippen molar-refractivity contribution in [1.82, 2.24) is 5.32 Å². The number of rotatable bonds is 8. The van der Waals surface area contributed by atoms with Gasteiger partial charge in [0.05, 0.1) is 6.61 Å². The zero-order valence-electron chi connectivity index (χ0n) is 16.7. The topological polar surface area (TPSA) is 50.7 Å². The highest BCUT2D eigenvalue weighted by molar-refractivity contribution is 6.33. The Hall–Kier alpha value is -1.43. The quantitative estimate of drug-likeness (QED) is 0.645. The molecule has 2 aromatic carbocycles. The van der Waals surface area contributed by atoms with Gasteiger partial charge < -0.3 is 19.9 Å². The molecule has 4 nitrogen and oxygen atoms in total. The number of benzene rings is 2. The molecule has 2 N–H and O–H groups in total. The maximum atomic E-state index is 12.0. The van der Waals surface area contributed by atoms with Crippen LogP contribution < -0.4 is 5.32 Å². The number of aliphatic hydroxyl groups is 1. The van der Waals surface area contributed by atoms with Crippen LogP contribution in [0.3, 0.4) is 0 Å². The number of hydrogen-bond donors (Lipinski definition) is 2. The molecule has 2 aromatic rings. The normalized spacial score (nSPS) is 19.4. The molecule has 1 heterocycles. The van der Waals surface area contributed by atoms with Crippen LogP contribution >= 0.6 is 11.6 Å². The molecule has 0 spiro atoms. The van der Waals surface area contributed by atoms with E-state index in [9.17, 15) is 5.11 Å². The first-order valence-electron chi connectivity index (χ1n) is 9.96. The monoisotopic (exact) mass is 403 g/mol. The summed E-state index contributed by atoms with van der Waals surface area (Å²) < 4.78 is 11.2. The van der Waals surface area contributed by atoms with Gasteiger partial charge in [0.15, 0.2) is 0 Å². The van der Waals surface area contributed by atoms with Crippen molar-refractivity contribution in [2.45, 2.75) is 37.9 Å². The molecule has 5 heteroatoms. The number of aryl methyl sites for hydroxylation is 1. The van der Waals surface area contributed by atoms with E-state index >= 15 is 0 Å². The van der Waals surface area contributed by atoms with Gasteiger partial charge in [0, 0.05) is 37.4 Å². The van der Waals surface area contributed by atoms with Crippen molar-refractivity contribution in [2.75, 3.05) is 33.4 Å². The summed E-state index contributed by atoms with van der Waals surface area (Å²) in [5, 5.41) is 16.0. The van der Waals surface area contributed by atoms with Crippen LogP contribution in [0.15, 0.2) is 42.5 Å². The van der Waals surface area contributed by atoms with Crippen LogP contribution in [0, 0.1) is 6.92 Å². The van der Waals surface area contributed by atoms with Crippen LogP contribution in [0.1, 0.15) is 30.4 Å². The summed E-state index contributed by atoms with van der Waals surface area (Å²) in [6, 6.07) is 14.0. The van der Waals surface area contributed by atoms with Crippen molar-refractivity contribution in [3.05, 3.63) is 58.6 Å². The average molecular weight is 404 g/mol. The molecule has 0 amide bonds. The zero-order chi connectivity index (χ0) is 20.0. The molecule has 1 aliphatic heterocycles. The van der Waals surface area contributed by atoms with Gasteiger partial charge in [-0.2, -0.15) is 0 Å². The van der Waals surface area contributed by atoms with E-state index in [1.807, 2.05) is 30.3 Å². The first-order chi connectivity index (χ1) is 13.6. The summed E-state index contributed by atoms with van der Waals surface area (Å²) in [6.07, 6.45) is 1.98. The molecule has 0 saturated carbocycles. The Labute approximate surface area is 172 Å². The van der Waals surface area contributed by atoms with E-state index < -0.39 is 5.60 Å². The molecule has 2 atom stereocenters. The number of methoxy groups -OCH3 is 1. The number of nitrogens with one attached hydrogen (secondary N) is 1. The van der Waals surface area contributed by atoms with Gasteiger partial charge in [-0.25, -0.2) is 0 Å². The van der Waals surface area contributed by atoms with Crippen molar-refractivity contribution in [1.29, 1.82) is 0 Å². The van der Waals surface area contributed by atoms with Crippen LogP contribution in [0.5, 0.6) is 0 Å². The van der Waals surface area contributed by atoms with E-state index in [1.54, 1.807) is 7.11 Å². The minimum Gasteiger partial charge on any atom is -0.385 e. The number of ether oxygens (including phenoxy) is 2. The fraction of sp³-hybridized carbons (Fsp3) is 0.478. The lowest BCUT2D eigenvalue weighted by Gasteiger charge is -2.40. The summed E-state index contributed by atoms with van der Waals surface area (Å²) in [7, 11) is 1.70. The van der Waals surface area contributed by atoms with E-state index in [0.717, 1.165) is 41.6 Å². The van der Waals surface area contributed by atoms with Crippen LogP contribution in [0.4, 0.5) is 0 Å². The summed E-state index contributed by atoms with van der Waals surface area (Å²) in [5.74, 6) is 0. The lowest BCUT2D eigenvalue weighted by molar-refractivity contribution is -0.129. The van der Waals surface area contributed by atoms with Crippen LogP contribution in [-0.2, 0) is 15.1 Å². The highest BCUT2D eigenvalue weighted by Gasteiger charge is 2.41. The lowest BCUT2D eigenvalue weighted by Crippen LogP contribution is -2.51. The Bertz CT molecular complexity index is 776. The summed E-state index contributed by atoms with van der Waals surface area (Å²) >= 11 is 6.66. The second-order valence-corrected chi connectivity index (χ2v) is 7.88. The predicted octanol–water partition coefficient (Wildman–Crippen LogP) is 4.31. The van der Waals surface area contributed by atoms with Crippen molar-refractivity contribution in [2.24, 2.45) is 0 Å². The highest BCUT2D eigenvalue weighted by atomic mass is 35.5. The first-order valence-corrected chi connectivity index (χ1v) is 10.3. The van der Waals surface area contributed by atoms with E-state index in [2.05, 4.69) is 24.4 Å². The average Bonchev–Trinajstić information content (AvgIpc) is 2.71. The Balaban J connectivity index is 2.05.